The van der Waals surface area contributed by atoms with E-state index in [0.29, 0.717) is 18.3 Å². The third-order valence-electron chi connectivity index (χ3n) is 6.12. The number of nitrogens with one attached hydrogen (secondary N) is 1. The van der Waals surface area contributed by atoms with Crippen LogP contribution in [-0.4, -0.2) is 11.7 Å². The third kappa shape index (κ3) is 3.42. The number of fused-ring (bicyclic) bond motifs is 3. The number of hydrogen-bond acceptors (Lipinski definition) is 4. The van der Waals surface area contributed by atoms with Gasteiger partial charge in [-0.05, 0) is 85.9 Å². The van der Waals surface area contributed by atoms with Crippen LogP contribution in [0, 0.1) is 5.92 Å². The van der Waals surface area contributed by atoms with E-state index in [1.165, 1.54) is 22.4 Å². The summed E-state index contributed by atoms with van der Waals surface area (Å²) in [6, 6.07) is 14.2. The molecule has 0 bridgehead atoms. The van der Waals surface area contributed by atoms with Crippen LogP contribution >= 0.6 is 0 Å². The van der Waals surface area contributed by atoms with Crippen LogP contribution < -0.4 is 11.2 Å². The number of aryl methyl sites for hydroxylation is 1. The van der Waals surface area contributed by atoms with Crippen molar-refractivity contribution in [2.75, 3.05) is 12.3 Å². The Hall–Kier alpha value is -2.46. The van der Waals surface area contributed by atoms with Gasteiger partial charge in [0.05, 0.1) is 6.61 Å². The average Bonchev–Trinajstić information content (AvgIpc) is 2.66. The molecule has 2 aromatic rings. The van der Waals surface area contributed by atoms with E-state index >= 15 is 0 Å². The molecule has 0 amide bonds. The van der Waals surface area contributed by atoms with Crippen LogP contribution in [0.1, 0.15) is 42.9 Å². The lowest BCUT2D eigenvalue weighted by Crippen LogP contribution is -2.44. The zero-order chi connectivity index (χ0) is 18.9. The molecule has 2 aliphatic rings. The molecule has 0 saturated heterocycles. The second-order valence-corrected chi connectivity index (χ2v) is 7.79. The molecule has 27 heavy (non-hydrogen) atoms. The van der Waals surface area contributed by atoms with Crippen molar-refractivity contribution in [2.24, 2.45) is 5.92 Å². The van der Waals surface area contributed by atoms with E-state index in [1.807, 2.05) is 31.2 Å². The van der Waals surface area contributed by atoms with Gasteiger partial charge in [0.25, 0.3) is 0 Å². The van der Waals surface area contributed by atoms with E-state index in [4.69, 9.17) is 10.6 Å². The van der Waals surface area contributed by atoms with Crippen LogP contribution in [0.2, 0.25) is 0 Å². The summed E-state index contributed by atoms with van der Waals surface area (Å²) in [4.78, 5) is 5.44. The summed E-state index contributed by atoms with van der Waals surface area (Å²) in [6.45, 7) is 2.64. The Kier molecular flexibility index (Phi) is 4.83. The van der Waals surface area contributed by atoms with E-state index in [2.05, 4.69) is 29.8 Å². The molecule has 142 valence electrons. The number of anilines is 1. The second kappa shape index (κ2) is 7.28. The monoisotopic (exact) mass is 364 g/mol. The summed E-state index contributed by atoms with van der Waals surface area (Å²) in [5.41, 5.74) is 15.1. The summed E-state index contributed by atoms with van der Waals surface area (Å²) in [7, 11) is 0. The van der Waals surface area contributed by atoms with Gasteiger partial charge in [0.15, 0.2) is 0 Å². The fourth-order valence-electron chi connectivity index (χ4n) is 4.94. The van der Waals surface area contributed by atoms with Crippen molar-refractivity contribution < 1.29 is 9.94 Å². The lowest BCUT2D eigenvalue weighted by Gasteiger charge is -2.48. The molecular formula is C23H28N2O2. The van der Waals surface area contributed by atoms with Gasteiger partial charge in [-0.3, -0.25) is 10.3 Å². The highest BCUT2D eigenvalue weighted by Gasteiger charge is 2.45. The van der Waals surface area contributed by atoms with Gasteiger partial charge in [-0.15, -0.1) is 0 Å². The van der Waals surface area contributed by atoms with Crippen molar-refractivity contribution in [3.8, 4) is 5.75 Å². The van der Waals surface area contributed by atoms with Crippen LogP contribution in [0.5, 0.6) is 5.75 Å². The summed E-state index contributed by atoms with van der Waals surface area (Å²) in [5.74, 6) is 0.795. The molecule has 0 aliphatic heterocycles. The SMILES string of the molecule is CCONC1=C[C@H]2CCc3cc(O)ccc3[C@]2(Cc2cccc(N)c2)CC1. The van der Waals surface area contributed by atoms with E-state index in [1.54, 1.807) is 0 Å². The molecule has 0 saturated carbocycles. The van der Waals surface area contributed by atoms with Crippen molar-refractivity contribution in [2.45, 2.75) is 44.4 Å². The Morgan fingerprint density at radius 1 is 1.22 bits per heavy atom. The molecule has 4 N–H and O–H groups in total. The minimum Gasteiger partial charge on any atom is -0.508 e. The van der Waals surface area contributed by atoms with E-state index in [-0.39, 0.29) is 5.41 Å². The first kappa shape index (κ1) is 17.9. The molecule has 0 radical (unpaired) electrons. The number of rotatable bonds is 5. The number of nitrogens with two attached hydrogens (primary N) is 1. The molecule has 4 nitrogen and oxygen atoms in total. The van der Waals surface area contributed by atoms with Crippen molar-refractivity contribution in [3.05, 3.63) is 70.9 Å². The van der Waals surface area contributed by atoms with Crippen molar-refractivity contribution >= 4 is 5.69 Å². The van der Waals surface area contributed by atoms with Crippen LogP contribution in [0.3, 0.4) is 0 Å². The van der Waals surface area contributed by atoms with Crippen LogP contribution in [0.25, 0.3) is 0 Å². The number of benzene rings is 2. The molecular weight excluding hydrogens is 336 g/mol. The third-order valence-corrected chi connectivity index (χ3v) is 6.12. The predicted molar refractivity (Wildman–Crippen MR) is 108 cm³/mol. The highest BCUT2D eigenvalue weighted by molar-refractivity contribution is 5.47. The number of allylic oxidation sites excluding steroid dienone is 2. The summed E-state index contributed by atoms with van der Waals surface area (Å²) in [6.07, 6.45) is 7.41. The molecule has 0 spiro atoms. The second-order valence-electron chi connectivity index (χ2n) is 7.79. The molecule has 2 aromatic carbocycles. The number of hydrogen-bond donors (Lipinski definition) is 3. The predicted octanol–water partition coefficient (Wildman–Crippen LogP) is 4.24. The molecule has 4 heteroatoms. The largest absolute Gasteiger partial charge is 0.508 e. The molecule has 0 unspecified atom stereocenters. The number of nitrogen functional groups attached to an aromatic ring is 1. The number of phenolic OH excluding ortho intramolecular Hbond substituents is 1. The highest BCUT2D eigenvalue weighted by atomic mass is 16.6. The maximum atomic E-state index is 9.98. The normalized spacial score (nSPS) is 23.9. The fraction of sp³-hybridized carbons (Fsp3) is 0.391. The van der Waals surface area contributed by atoms with Gasteiger partial charge >= 0.3 is 0 Å². The first-order valence-electron chi connectivity index (χ1n) is 9.86. The zero-order valence-corrected chi connectivity index (χ0v) is 15.9. The Balaban J connectivity index is 1.76. The molecule has 0 aromatic heterocycles. The quantitative estimate of drug-likeness (QED) is 0.548. The smallest absolute Gasteiger partial charge is 0.115 e. The summed E-state index contributed by atoms with van der Waals surface area (Å²) < 4.78 is 0. The summed E-state index contributed by atoms with van der Waals surface area (Å²) in [5, 5.41) is 9.98. The maximum absolute atomic E-state index is 9.98. The average molecular weight is 364 g/mol. The molecule has 2 aliphatic carbocycles. The van der Waals surface area contributed by atoms with Gasteiger partial charge in [-0.2, -0.15) is 0 Å². The fourth-order valence-corrected chi connectivity index (χ4v) is 4.94. The van der Waals surface area contributed by atoms with Crippen molar-refractivity contribution in [3.63, 3.8) is 0 Å². The molecule has 4 rings (SSSR count). The Labute approximate surface area is 161 Å². The first-order valence-corrected chi connectivity index (χ1v) is 9.86. The lowest BCUT2D eigenvalue weighted by atomic mass is 9.56. The number of hydroxylamine groups is 1. The molecule has 2 atom stereocenters. The first-order chi connectivity index (χ1) is 13.1. The lowest BCUT2D eigenvalue weighted by molar-refractivity contribution is 0.0653. The highest BCUT2D eigenvalue weighted by Crippen LogP contribution is 2.51. The van der Waals surface area contributed by atoms with E-state index < -0.39 is 0 Å². The molecule has 0 fully saturated rings. The van der Waals surface area contributed by atoms with E-state index in [0.717, 1.165) is 37.8 Å². The van der Waals surface area contributed by atoms with Gasteiger partial charge in [-0.1, -0.05) is 24.3 Å². The standard InChI is InChI=1S/C23H28N2O2/c1-2-27-25-20-10-11-23(15-16-4-3-5-19(24)12-16)18(14-20)7-6-17-13-21(26)8-9-22(17)23/h3-5,8-9,12-14,18,25-26H,2,6-7,10-11,15,24H2,1H3/t18-,23+/m1/s1. The van der Waals surface area contributed by atoms with E-state index in [9.17, 15) is 5.11 Å². The zero-order valence-electron chi connectivity index (χ0n) is 15.9. The minimum absolute atomic E-state index is 0.0342. The van der Waals surface area contributed by atoms with Gasteiger partial charge in [-0.25, -0.2) is 0 Å². The molecule has 0 heterocycles. The van der Waals surface area contributed by atoms with Crippen LogP contribution in [0.15, 0.2) is 54.2 Å². The summed E-state index contributed by atoms with van der Waals surface area (Å²) >= 11 is 0. The number of phenols is 1. The van der Waals surface area contributed by atoms with Gasteiger partial charge in [0.2, 0.25) is 0 Å². The van der Waals surface area contributed by atoms with Gasteiger partial charge < -0.3 is 10.8 Å². The van der Waals surface area contributed by atoms with Crippen molar-refractivity contribution in [1.82, 2.24) is 5.48 Å². The topological polar surface area (TPSA) is 67.5 Å². The maximum Gasteiger partial charge on any atom is 0.115 e. The Bertz CT molecular complexity index is 861. The van der Waals surface area contributed by atoms with Crippen LogP contribution in [0.4, 0.5) is 5.69 Å². The van der Waals surface area contributed by atoms with Gasteiger partial charge in [0, 0.05) is 16.8 Å². The number of aromatic hydroxyl groups is 1. The van der Waals surface area contributed by atoms with Crippen LogP contribution in [-0.2, 0) is 23.1 Å². The Morgan fingerprint density at radius 3 is 2.93 bits per heavy atom. The Morgan fingerprint density at radius 2 is 2.11 bits per heavy atom. The minimum atomic E-state index is 0.0342. The van der Waals surface area contributed by atoms with Crippen molar-refractivity contribution in [1.29, 1.82) is 0 Å². The van der Waals surface area contributed by atoms with Gasteiger partial charge in [0.1, 0.15) is 5.75 Å².